The molecule has 0 aliphatic rings. The third-order valence-corrected chi connectivity index (χ3v) is 7.78. The minimum absolute atomic E-state index is 0.177. The first-order valence-corrected chi connectivity index (χ1v) is 9.44. The van der Waals surface area contributed by atoms with Crippen molar-refractivity contribution in [2.75, 3.05) is 12.3 Å². The van der Waals surface area contributed by atoms with Crippen LogP contribution in [0.5, 0.6) is 5.75 Å². The molecule has 3 N–H and O–H groups in total. The minimum Gasteiger partial charge on any atom is -0.508 e. The molecule has 0 spiro atoms. The van der Waals surface area contributed by atoms with Gasteiger partial charge in [-0.3, -0.25) is 9.88 Å². The molecule has 0 saturated heterocycles. The number of aromatic hydroxyl groups is 1. The van der Waals surface area contributed by atoms with E-state index < -0.39 is 18.2 Å². The highest BCUT2D eigenvalue weighted by Crippen LogP contribution is 2.40. The van der Waals surface area contributed by atoms with Gasteiger partial charge in [0.15, 0.2) is 0 Å². The smallest absolute Gasteiger partial charge is 0.321 e. The summed E-state index contributed by atoms with van der Waals surface area (Å²) in [5, 5.41) is 21.7. The Morgan fingerprint density at radius 1 is 1.32 bits per heavy atom. The Bertz CT molecular complexity index is 467. The van der Waals surface area contributed by atoms with E-state index in [0.717, 1.165) is 17.9 Å². The van der Waals surface area contributed by atoms with Crippen molar-refractivity contribution in [3.05, 3.63) is 29.8 Å². The third kappa shape index (κ3) is 4.94. The molecule has 1 aromatic carbocycles. The van der Waals surface area contributed by atoms with E-state index in [4.69, 9.17) is 11.8 Å². The summed E-state index contributed by atoms with van der Waals surface area (Å²) in [6, 6.07) is 5.91. The van der Waals surface area contributed by atoms with Crippen LogP contribution in [0.25, 0.3) is 0 Å². The van der Waals surface area contributed by atoms with Crippen LogP contribution in [0.2, 0.25) is 0 Å². The maximum absolute atomic E-state index is 11.3. The van der Waals surface area contributed by atoms with E-state index in [0.29, 0.717) is 6.42 Å². The molecule has 0 fully saturated rings. The molecule has 19 heavy (non-hydrogen) atoms. The van der Waals surface area contributed by atoms with Crippen LogP contribution in [-0.4, -0.2) is 34.5 Å². The van der Waals surface area contributed by atoms with Crippen molar-refractivity contribution in [2.45, 2.75) is 26.3 Å². The minimum atomic E-state index is -1.78. The number of carboxylic acid groups (broad SMARTS) is 1. The number of hydrogen-bond acceptors (Lipinski definition) is 3. The molecule has 0 heterocycles. The van der Waals surface area contributed by atoms with Gasteiger partial charge < -0.3 is 10.2 Å². The zero-order valence-electron chi connectivity index (χ0n) is 11.2. The van der Waals surface area contributed by atoms with Gasteiger partial charge in [-0.1, -0.05) is 37.8 Å². The Morgan fingerprint density at radius 2 is 1.84 bits per heavy atom. The molecule has 1 rings (SSSR count). The fourth-order valence-corrected chi connectivity index (χ4v) is 3.71. The van der Waals surface area contributed by atoms with Gasteiger partial charge in [-0.2, -0.15) is 0 Å². The summed E-state index contributed by atoms with van der Waals surface area (Å²) in [7, 11) is 0. The first kappa shape index (κ1) is 16.2. The lowest BCUT2D eigenvalue weighted by atomic mass is 10.1. The molecule has 1 aromatic rings. The fraction of sp³-hybridized carbons (Fsp3) is 0.462. The number of aliphatic carboxylic acids is 1. The van der Waals surface area contributed by atoms with Crippen LogP contribution in [0.4, 0.5) is 0 Å². The van der Waals surface area contributed by atoms with Crippen molar-refractivity contribution in [3.8, 4) is 5.75 Å². The number of hydrogen-bond donors (Lipinski definition) is 3. The highest BCUT2D eigenvalue weighted by Gasteiger charge is 2.23. The lowest BCUT2D eigenvalue weighted by Crippen LogP contribution is -2.37. The molecular weight excluding hydrogens is 281 g/mol. The second-order valence-electron chi connectivity index (χ2n) is 4.41. The molecule has 0 aliphatic heterocycles. The van der Waals surface area contributed by atoms with E-state index in [9.17, 15) is 15.0 Å². The number of phenols is 1. The molecule has 1 atom stereocenters. The van der Waals surface area contributed by atoms with Crippen molar-refractivity contribution in [2.24, 2.45) is 0 Å². The summed E-state index contributed by atoms with van der Waals surface area (Å²) < 4.78 is 0. The maximum atomic E-state index is 11.3. The van der Waals surface area contributed by atoms with Crippen molar-refractivity contribution < 1.29 is 15.0 Å². The molecule has 6 heteroatoms. The number of carbonyl (C=O) groups is 1. The van der Waals surface area contributed by atoms with Crippen LogP contribution in [0.15, 0.2) is 24.3 Å². The average Bonchev–Trinajstić information content (AvgIpc) is 2.40. The van der Waals surface area contributed by atoms with Crippen molar-refractivity contribution >= 4 is 24.0 Å². The largest absolute Gasteiger partial charge is 0.508 e. The molecule has 0 radical (unpaired) electrons. The first-order chi connectivity index (χ1) is 8.90. The number of phenolic OH excluding ortho intramolecular Hbond substituents is 1. The second kappa shape index (κ2) is 7.04. The molecule has 0 bridgehead atoms. The second-order valence-corrected chi connectivity index (χ2v) is 9.81. The molecule has 0 aromatic heterocycles. The van der Waals surface area contributed by atoms with E-state index in [1.54, 1.807) is 24.3 Å². The monoisotopic (exact) mass is 301 g/mol. The zero-order valence-corrected chi connectivity index (χ0v) is 12.9. The Balaban J connectivity index is 2.82. The molecular formula is C13H20NO3PS. The number of carboxylic acids is 1. The lowest BCUT2D eigenvalue weighted by Gasteiger charge is -2.25. The number of benzene rings is 1. The fourth-order valence-electron chi connectivity index (χ4n) is 1.75. The Kier molecular flexibility index (Phi) is 5.98. The van der Waals surface area contributed by atoms with Crippen molar-refractivity contribution in [3.63, 3.8) is 0 Å². The standard InChI is InChI=1S/C13H20NO3PS/c1-3-18(19,4-2)14-12(13(16)17)9-10-5-7-11(15)8-6-10/h5-8,12,15H,3-4,9H2,1-2H3,(H,14,19)(H,16,17)/t12-/m0/s1. The van der Waals surface area contributed by atoms with Gasteiger partial charge in [0.25, 0.3) is 0 Å². The van der Waals surface area contributed by atoms with Gasteiger partial charge in [-0.05, 0) is 36.4 Å². The van der Waals surface area contributed by atoms with E-state index in [1.165, 1.54) is 0 Å². The Labute approximate surface area is 118 Å². The summed E-state index contributed by atoms with van der Waals surface area (Å²) in [5.74, 6) is -0.708. The number of rotatable bonds is 7. The van der Waals surface area contributed by atoms with Gasteiger partial charge >= 0.3 is 5.97 Å². The Hall–Kier alpha value is -0.900. The van der Waals surface area contributed by atoms with Gasteiger partial charge in [0.05, 0.1) is 0 Å². The molecule has 0 unspecified atom stereocenters. The third-order valence-electron chi connectivity index (χ3n) is 3.09. The Morgan fingerprint density at radius 3 is 2.26 bits per heavy atom. The van der Waals surface area contributed by atoms with E-state index in [2.05, 4.69) is 5.09 Å². The highest BCUT2D eigenvalue weighted by molar-refractivity contribution is 8.13. The van der Waals surface area contributed by atoms with Crippen molar-refractivity contribution in [1.82, 2.24) is 5.09 Å². The summed E-state index contributed by atoms with van der Waals surface area (Å²) in [5.41, 5.74) is 0.867. The number of nitrogens with one attached hydrogen (secondary N) is 1. The molecule has 4 nitrogen and oxygen atoms in total. The van der Waals surface area contributed by atoms with Crippen LogP contribution in [-0.2, 0) is 23.0 Å². The van der Waals surface area contributed by atoms with Gasteiger partial charge in [-0.25, -0.2) is 0 Å². The SMILES string of the molecule is CCP(=S)(CC)N[C@@H](Cc1ccc(O)cc1)C(=O)O. The van der Waals surface area contributed by atoms with E-state index in [-0.39, 0.29) is 5.75 Å². The normalized spacial score (nSPS) is 13.2. The highest BCUT2D eigenvalue weighted by atomic mass is 32.4. The maximum Gasteiger partial charge on any atom is 0.321 e. The van der Waals surface area contributed by atoms with Crippen LogP contribution >= 0.6 is 6.19 Å². The average molecular weight is 301 g/mol. The predicted octanol–water partition coefficient (Wildman–Crippen LogP) is 2.41. The topological polar surface area (TPSA) is 69.6 Å². The van der Waals surface area contributed by atoms with Crippen LogP contribution in [0, 0.1) is 0 Å². The van der Waals surface area contributed by atoms with E-state index in [1.807, 2.05) is 13.8 Å². The summed E-state index contributed by atoms with van der Waals surface area (Å²) in [6.07, 6.45) is 0.192. The van der Waals surface area contributed by atoms with Gasteiger partial charge in [0.2, 0.25) is 0 Å². The molecule has 0 aliphatic carbocycles. The quantitative estimate of drug-likeness (QED) is 0.675. The molecule has 0 saturated carbocycles. The first-order valence-electron chi connectivity index (χ1n) is 6.26. The van der Waals surface area contributed by atoms with Crippen molar-refractivity contribution in [1.29, 1.82) is 0 Å². The van der Waals surface area contributed by atoms with E-state index >= 15 is 0 Å². The van der Waals surface area contributed by atoms with Gasteiger partial charge in [-0.15, -0.1) is 0 Å². The summed E-state index contributed by atoms with van der Waals surface area (Å²) >= 11 is 5.53. The lowest BCUT2D eigenvalue weighted by molar-refractivity contribution is -0.138. The zero-order chi connectivity index (χ0) is 14.5. The summed E-state index contributed by atoms with van der Waals surface area (Å²) in [6.45, 7) is 3.99. The summed E-state index contributed by atoms with van der Waals surface area (Å²) in [4.78, 5) is 11.3. The predicted molar refractivity (Wildman–Crippen MR) is 81.7 cm³/mol. The molecule has 0 amide bonds. The molecule has 106 valence electrons. The van der Waals surface area contributed by atoms with Crippen LogP contribution < -0.4 is 5.09 Å². The van der Waals surface area contributed by atoms with Gasteiger partial charge in [0, 0.05) is 6.19 Å². The van der Waals surface area contributed by atoms with Crippen LogP contribution in [0.1, 0.15) is 19.4 Å². The van der Waals surface area contributed by atoms with Crippen LogP contribution in [0.3, 0.4) is 0 Å². The van der Waals surface area contributed by atoms with Gasteiger partial charge in [0.1, 0.15) is 11.8 Å².